The monoisotopic (exact) mass is 317 g/mol. The standard InChI is InChI=1S/C18H20ClNO2/c1-21-17-10-13-7-8-20-16(15(13)11-18(17)22-2)9-12-3-5-14(19)6-4-12/h3-6,10-11,16,20H,7-9H2,1-2H3. The molecule has 4 heteroatoms. The predicted octanol–water partition coefficient (Wildman–Crippen LogP) is 3.79. The molecule has 3 rings (SSSR count). The normalized spacial score (nSPS) is 17.0. The van der Waals surface area contributed by atoms with Crippen molar-refractivity contribution in [1.29, 1.82) is 0 Å². The smallest absolute Gasteiger partial charge is 0.161 e. The Balaban J connectivity index is 1.91. The number of benzene rings is 2. The van der Waals surface area contributed by atoms with E-state index < -0.39 is 0 Å². The van der Waals surface area contributed by atoms with E-state index in [-0.39, 0.29) is 6.04 Å². The summed E-state index contributed by atoms with van der Waals surface area (Å²) in [6.45, 7) is 0.973. The quantitative estimate of drug-likeness (QED) is 0.930. The van der Waals surface area contributed by atoms with Gasteiger partial charge in [-0.25, -0.2) is 0 Å². The van der Waals surface area contributed by atoms with Crippen molar-refractivity contribution >= 4 is 11.6 Å². The second kappa shape index (κ2) is 6.59. The third-order valence-electron chi connectivity index (χ3n) is 4.16. The first-order valence-corrected chi connectivity index (χ1v) is 7.81. The van der Waals surface area contributed by atoms with Gasteiger partial charge in [-0.1, -0.05) is 23.7 Å². The summed E-state index contributed by atoms with van der Waals surface area (Å²) >= 11 is 5.96. The van der Waals surface area contributed by atoms with E-state index in [4.69, 9.17) is 21.1 Å². The molecule has 0 radical (unpaired) electrons. The molecule has 0 amide bonds. The molecule has 0 bridgehead atoms. The van der Waals surface area contributed by atoms with Crippen molar-refractivity contribution < 1.29 is 9.47 Å². The number of halogens is 1. The Morgan fingerprint density at radius 3 is 2.45 bits per heavy atom. The second-order valence-corrected chi connectivity index (χ2v) is 5.93. The van der Waals surface area contributed by atoms with E-state index in [1.807, 2.05) is 12.1 Å². The van der Waals surface area contributed by atoms with Gasteiger partial charge in [0.25, 0.3) is 0 Å². The maximum Gasteiger partial charge on any atom is 0.161 e. The van der Waals surface area contributed by atoms with Crippen LogP contribution >= 0.6 is 11.6 Å². The van der Waals surface area contributed by atoms with Crippen LogP contribution in [-0.2, 0) is 12.8 Å². The number of nitrogens with one attached hydrogen (secondary N) is 1. The van der Waals surface area contributed by atoms with Crippen molar-refractivity contribution in [2.75, 3.05) is 20.8 Å². The van der Waals surface area contributed by atoms with Crippen LogP contribution in [-0.4, -0.2) is 20.8 Å². The molecule has 0 fully saturated rings. The molecular formula is C18H20ClNO2. The minimum Gasteiger partial charge on any atom is -0.493 e. The SMILES string of the molecule is COc1cc2c(cc1OC)C(Cc1ccc(Cl)cc1)NCC2. The summed E-state index contributed by atoms with van der Waals surface area (Å²) in [5.41, 5.74) is 3.89. The lowest BCUT2D eigenvalue weighted by Crippen LogP contribution is -2.31. The van der Waals surface area contributed by atoms with Crippen LogP contribution in [0.3, 0.4) is 0 Å². The number of hydrogen-bond acceptors (Lipinski definition) is 3. The lowest BCUT2D eigenvalue weighted by atomic mass is 9.90. The van der Waals surface area contributed by atoms with Gasteiger partial charge in [-0.15, -0.1) is 0 Å². The summed E-state index contributed by atoms with van der Waals surface area (Å²) < 4.78 is 10.9. The van der Waals surface area contributed by atoms with Gasteiger partial charge in [0.15, 0.2) is 11.5 Å². The van der Waals surface area contributed by atoms with E-state index >= 15 is 0 Å². The van der Waals surface area contributed by atoms with Crippen molar-refractivity contribution in [3.05, 3.63) is 58.1 Å². The highest BCUT2D eigenvalue weighted by Crippen LogP contribution is 2.36. The van der Waals surface area contributed by atoms with Gasteiger partial charge < -0.3 is 14.8 Å². The summed E-state index contributed by atoms with van der Waals surface area (Å²) in [5, 5.41) is 4.37. The largest absolute Gasteiger partial charge is 0.493 e. The fourth-order valence-corrected chi connectivity index (χ4v) is 3.13. The van der Waals surface area contributed by atoms with Crippen LogP contribution in [0.5, 0.6) is 11.5 Å². The van der Waals surface area contributed by atoms with Crippen LogP contribution < -0.4 is 14.8 Å². The molecule has 116 valence electrons. The Kier molecular flexibility index (Phi) is 4.55. The van der Waals surface area contributed by atoms with Gasteiger partial charge in [-0.2, -0.15) is 0 Å². The molecule has 0 aliphatic carbocycles. The summed E-state index contributed by atoms with van der Waals surface area (Å²) in [7, 11) is 3.35. The van der Waals surface area contributed by atoms with E-state index in [1.165, 1.54) is 16.7 Å². The van der Waals surface area contributed by atoms with E-state index in [0.717, 1.165) is 35.9 Å². The van der Waals surface area contributed by atoms with E-state index in [9.17, 15) is 0 Å². The summed E-state index contributed by atoms with van der Waals surface area (Å²) in [6, 6.07) is 12.5. The van der Waals surface area contributed by atoms with Gasteiger partial charge in [0.1, 0.15) is 0 Å². The highest BCUT2D eigenvalue weighted by Gasteiger charge is 2.22. The number of ether oxygens (including phenoxy) is 2. The average molecular weight is 318 g/mol. The maximum atomic E-state index is 5.96. The zero-order valence-electron chi connectivity index (χ0n) is 12.9. The van der Waals surface area contributed by atoms with E-state index in [1.54, 1.807) is 14.2 Å². The number of methoxy groups -OCH3 is 2. The zero-order chi connectivity index (χ0) is 15.5. The van der Waals surface area contributed by atoms with Crippen LogP contribution in [0.25, 0.3) is 0 Å². The van der Waals surface area contributed by atoms with Gasteiger partial charge in [-0.05, 0) is 60.3 Å². The summed E-state index contributed by atoms with van der Waals surface area (Å²) in [4.78, 5) is 0. The molecule has 1 aliphatic rings. The Bertz CT molecular complexity index is 655. The highest BCUT2D eigenvalue weighted by molar-refractivity contribution is 6.30. The molecule has 0 aromatic heterocycles. The van der Waals surface area contributed by atoms with Crippen molar-refractivity contribution in [2.24, 2.45) is 0 Å². The molecule has 0 spiro atoms. The fraction of sp³-hybridized carbons (Fsp3) is 0.333. The van der Waals surface area contributed by atoms with Gasteiger partial charge in [0.05, 0.1) is 14.2 Å². The molecule has 1 aliphatic heterocycles. The topological polar surface area (TPSA) is 30.5 Å². The van der Waals surface area contributed by atoms with Crippen LogP contribution in [0.4, 0.5) is 0 Å². The van der Waals surface area contributed by atoms with Crippen molar-refractivity contribution in [3.8, 4) is 11.5 Å². The number of rotatable bonds is 4. The minimum absolute atomic E-state index is 0.282. The first-order valence-electron chi connectivity index (χ1n) is 7.44. The molecule has 1 atom stereocenters. The van der Waals surface area contributed by atoms with Gasteiger partial charge in [0, 0.05) is 11.1 Å². The van der Waals surface area contributed by atoms with Crippen molar-refractivity contribution in [2.45, 2.75) is 18.9 Å². The molecule has 3 nitrogen and oxygen atoms in total. The molecule has 1 heterocycles. The molecule has 1 unspecified atom stereocenters. The van der Waals surface area contributed by atoms with Crippen LogP contribution in [0.1, 0.15) is 22.7 Å². The van der Waals surface area contributed by atoms with Crippen LogP contribution in [0.15, 0.2) is 36.4 Å². The molecule has 1 N–H and O–H groups in total. The highest BCUT2D eigenvalue weighted by atomic mass is 35.5. The number of fused-ring (bicyclic) bond motifs is 1. The fourth-order valence-electron chi connectivity index (χ4n) is 3.01. The molecule has 22 heavy (non-hydrogen) atoms. The summed E-state index contributed by atoms with van der Waals surface area (Å²) in [6.07, 6.45) is 1.94. The Morgan fingerprint density at radius 2 is 1.77 bits per heavy atom. The predicted molar refractivity (Wildman–Crippen MR) is 89.1 cm³/mol. The summed E-state index contributed by atoms with van der Waals surface area (Å²) in [5.74, 6) is 1.58. The number of hydrogen-bond donors (Lipinski definition) is 1. The average Bonchev–Trinajstić information content (AvgIpc) is 2.56. The zero-order valence-corrected chi connectivity index (χ0v) is 13.6. The lowest BCUT2D eigenvalue weighted by Gasteiger charge is -2.28. The second-order valence-electron chi connectivity index (χ2n) is 5.49. The molecular weight excluding hydrogens is 298 g/mol. The van der Waals surface area contributed by atoms with Crippen molar-refractivity contribution in [1.82, 2.24) is 5.32 Å². The third kappa shape index (κ3) is 3.06. The van der Waals surface area contributed by atoms with Crippen LogP contribution in [0.2, 0.25) is 5.02 Å². The minimum atomic E-state index is 0.282. The van der Waals surface area contributed by atoms with Gasteiger partial charge >= 0.3 is 0 Å². The van der Waals surface area contributed by atoms with Gasteiger partial charge in [0.2, 0.25) is 0 Å². The first-order chi connectivity index (χ1) is 10.7. The Labute approximate surface area is 136 Å². The Morgan fingerprint density at radius 1 is 1.09 bits per heavy atom. The van der Waals surface area contributed by atoms with E-state index in [0.29, 0.717) is 0 Å². The molecule has 0 saturated carbocycles. The lowest BCUT2D eigenvalue weighted by molar-refractivity contribution is 0.352. The molecule has 0 saturated heterocycles. The van der Waals surface area contributed by atoms with Crippen LogP contribution in [0, 0.1) is 0 Å². The third-order valence-corrected chi connectivity index (χ3v) is 4.41. The maximum absolute atomic E-state index is 5.96. The van der Waals surface area contributed by atoms with Gasteiger partial charge in [-0.3, -0.25) is 0 Å². The van der Waals surface area contributed by atoms with Crippen molar-refractivity contribution in [3.63, 3.8) is 0 Å². The first kappa shape index (κ1) is 15.2. The Hall–Kier alpha value is -1.71. The molecule has 2 aromatic rings. The van der Waals surface area contributed by atoms with E-state index in [2.05, 4.69) is 29.6 Å². The molecule has 2 aromatic carbocycles.